The maximum absolute atomic E-state index is 5.68. The fraction of sp³-hybridized carbons (Fsp3) is 0.571. The first-order valence-corrected chi connectivity index (χ1v) is 6.26. The van der Waals surface area contributed by atoms with Gasteiger partial charge in [-0.1, -0.05) is 19.4 Å². The van der Waals surface area contributed by atoms with Gasteiger partial charge in [0.2, 0.25) is 0 Å². The highest BCUT2D eigenvalue weighted by atomic mass is 16.5. The molecule has 17 heavy (non-hydrogen) atoms. The third kappa shape index (κ3) is 5.09. The summed E-state index contributed by atoms with van der Waals surface area (Å²) in [4.78, 5) is 0. The second kappa shape index (κ2) is 7.96. The molecule has 0 amide bonds. The molecule has 0 fully saturated rings. The Hall–Kier alpha value is -1.22. The average molecular weight is 237 g/mol. The molecule has 0 heterocycles. The molecular weight excluding hydrogens is 214 g/mol. The van der Waals surface area contributed by atoms with Gasteiger partial charge in [-0.25, -0.2) is 0 Å². The second-order valence-electron chi connectivity index (χ2n) is 4.11. The number of hydrogen-bond donors (Lipinski definition) is 1. The van der Waals surface area contributed by atoms with Crippen LogP contribution in [0.3, 0.4) is 0 Å². The van der Waals surface area contributed by atoms with E-state index in [1.54, 1.807) is 7.11 Å². The van der Waals surface area contributed by atoms with Crippen LogP contribution in [-0.4, -0.2) is 26.8 Å². The molecule has 0 spiro atoms. The second-order valence-corrected chi connectivity index (χ2v) is 4.11. The summed E-state index contributed by atoms with van der Waals surface area (Å²) < 4.78 is 11.0. The Kier molecular flexibility index (Phi) is 6.48. The fourth-order valence-corrected chi connectivity index (χ4v) is 1.55. The number of hydrogen-bond acceptors (Lipinski definition) is 3. The lowest BCUT2D eigenvalue weighted by molar-refractivity contribution is 0.292. The maximum Gasteiger partial charge on any atom is 0.161 e. The number of methoxy groups -OCH3 is 1. The van der Waals surface area contributed by atoms with E-state index in [2.05, 4.69) is 12.2 Å². The van der Waals surface area contributed by atoms with Crippen LogP contribution < -0.4 is 14.8 Å². The molecule has 0 aliphatic heterocycles. The molecule has 1 rings (SSSR count). The van der Waals surface area contributed by atoms with Crippen molar-refractivity contribution in [3.8, 4) is 11.5 Å². The largest absolute Gasteiger partial charge is 0.493 e. The molecular formula is C14H23NO2. The lowest BCUT2D eigenvalue weighted by Crippen LogP contribution is -2.22. The van der Waals surface area contributed by atoms with E-state index in [9.17, 15) is 0 Å². The minimum atomic E-state index is 0.670. The van der Waals surface area contributed by atoms with Gasteiger partial charge in [-0.2, -0.15) is 0 Å². The number of rotatable bonds is 8. The quantitative estimate of drug-likeness (QED) is 0.705. The van der Waals surface area contributed by atoms with Crippen molar-refractivity contribution in [2.24, 2.45) is 0 Å². The Morgan fingerprint density at radius 2 is 2.00 bits per heavy atom. The van der Waals surface area contributed by atoms with Crippen molar-refractivity contribution in [1.29, 1.82) is 0 Å². The van der Waals surface area contributed by atoms with E-state index in [-0.39, 0.29) is 0 Å². The number of benzene rings is 1. The number of unbranched alkanes of at least 4 members (excludes halogenated alkanes) is 1. The predicted octanol–water partition coefficient (Wildman–Crippen LogP) is 2.77. The van der Waals surface area contributed by atoms with E-state index in [4.69, 9.17) is 9.47 Å². The Labute approximate surface area is 104 Å². The normalized spacial score (nSPS) is 10.3. The van der Waals surface area contributed by atoms with Gasteiger partial charge >= 0.3 is 0 Å². The average Bonchev–Trinajstić information content (AvgIpc) is 2.35. The van der Waals surface area contributed by atoms with E-state index < -0.39 is 0 Å². The highest BCUT2D eigenvalue weighted by molar-refractivity contribution is 5.42. The molecule has 1 N–H and O–H groups in total. The van der Waals surface area contributed by atoms with Crippen molar-refractivity contribution in [2.75, 3.05) is 26.8 Å². The third-order valence-electron chi connectivity index (χ3n) is 2.56. The van der Waals surface area contributed by atoms with Gasteiger partial charge in [0.05, 0.1) is 7.11 Å². The maximum atomic E-state index is 5.68. The van der Waals surface area contributed by atoms with Crippen LogP contribution in [0.25, 0.3) is 0 Å². The Morgan fingerprint density at radius 3 is 2.71 bits per heavy atom. The molecule has 1 aromatic carbocycles. The molecule has 0 unspecified atom stereocenters. The van der Waals surface area contributed by atoms with Crippen LogP contribution in [0.15, 0.2) is 18.2 Å². The van der Waals surface area contributed by atoms with Crippen LogP contribution >= 0.6 is 0 Å². The van der Waals surface area contributed by atoms with E-state index in [1.165, 1.54) is 18.4 Å². The number of aryl methyl sites for hydroxylation is 1. The minimum absolute atomic E-state index is 0.670. The zero-order chi connectivity index (χ0) is 12.5. The molecule has 0 saturated heterocycles. The van der Waals surface area contributed by atoms with Gasteiger partial charge in [0.25, 0.3) is 0 Å². The van der Waals surface area contributed by atoms with E-state index >= 15 is 0 Å². The van der Waals surface area contributed by atoms with E-state index in [0.717, 1.165) is 24.6 Å². The van der Waals surface area contributed by atoms with Crippen molar-refractivity contribution in [3.63, 3.8) is 0 Å². The standard InChI is InChI=1S/C14H23NO2/c1-4-5-8-15-9-10-17-13-7-6-12(2)11-14(13)16-3/h6-7,11,15H,4-5,8-10H2,1-3H3. The van der Waals surface area contributed by atoms with Crippen LogP contribution in [0.5, 0.6) is 11.5 Å². The molecule has 0 bridgehead atoms. The van der Waals surface area contributed by atoms with Crippen molar-refractivity contribution in [2.45, 2.75) is 26.7 Å². The summed E-state index contributed by atoms with van der Waals surface area (Å²) in [6.45, 7) is 6.83. The molecule has 96 valence electrons. The molecule has 3 heteroatoms. The molecule has 3 nitrogen and oxygen atoms in total. The topological polar surface area (TPSA) is 30.5 Å². The van der Waals surface area contributed by atoms with Crippen LogP contribution in [0, 0.1) is 6.92 Å². The first-order valence-electron chi connectivity index (χ1n) is 6.26. The fourth-order valence-electron chi connectivity index (χ4n) is 1.55. The van der Waals surface area contributed by atoms with Crippen LogP contribution in [-0.2, 0) is 0 Å². The van der Waals surface area contributed by atoms with E-state index in [1.807, 2.05) is 25.1 Å². The summed E-state index contributed by atoms with van der Waals surface area (Å²) in [6, 6.07) is 5.97. The lowest BCUT2D eigenvalue weighted by atomic mass is 10.2. The van der Waals surface area contributed by atoms with Gasteiger partial charge in [0, 0.05) is 6.54 Å². The molecule has 0 saturated carbocycles. The lowest BCUT2D eigenvalue weighted by Gasteiger charge is -2.11. The summed E-state index contributed by atoms with van der Waals surface area (Å²) in [5.74, 6) is 1.62. The smallest absolute Gasteiger partial charge is 0.161 e. The van der Waals surface area contributed by atoms with Gasteiger partial charge in [-0.3, -0.25) is 0 Å². The van der Waals surface area contributed by atoms with Crippen LogP contribution in [0.4, 0.5) is 0 Å². The van der Waals surface area contributed by atoms with Gasteiger partial charge in [0.15, 0.2) is 11.5 Å². The summed E-state index contributed by atoms with van der Waals surface area (Å²) in [5.41, 5.74) is 1.18. The molecule has 0 atom stereocenters. The highest BCUT2D eigenvalue weighted by Crippen LogP contribution is 2.27. The minimum Gasteiger partial charge on any atom is -0.493 e. The molecule has 1 aromatic rings. The van der Waals surface area contributed by atoms with Gasteiger partial charge < -0.3 is 14.8 Å². The molecule has 0 aromatic heterocycles. The van der Waals surface area contributed by atoms with Crippen molar-refractivity contribution >= 4 is 0 Å². The monoisotopic (exact) mass is 237 g/mol. The summed E-state index contributed by atoms with van der Waals surface area (Å²) in [7, 11) is 1.67. The van der Waals surface area contributed by atoms with Gasteiger partial charge in [-0.05, 0) is 37.6 Å². The Balaban J connectivity index is 2.31. The van der Waals surface area contributed by atoms with Crippen LogP contribution in [0.2, 0.25) is 0 Å². The first-order chi connectivity index (χ1) is 8.27. The van der Waals surface area contributed by atoms with Gasteiger partial charge in [-0.15, -0.1) is 0 Å². The molecule has 0 aliphatic carbocycles. The van der Waals surface area contributed by atoms with Crippen molar-refractivity contribution in [3.05, 3.63) is 23.8 Å². The Morgan fingerprint density at radius 1 is 1.18 bits per heavy atom. The summed E-state index contributed by atoms with van der Waals surface area (Å²) in [6.07, 6.45) is 2.44. The van der Waals surface area contributed by atoms with Crippen molar-refractivity contribution in [1.82, 2.24) is 5.32 Å². The summed E-state index contributed by atoms with van der Waals surface area (Å²) >= 11 is 0. The predicted molar refractivity (Wildman–Crippen MR) is 71.0 cm³/mol. The zero-order valence-corrected chi connectivity index (χ0v) is 11.1. The SMILES string of the molecule is CCCCNCCOc1ccc(C)cc1OC. The zero-order valence-electron chi connectivity index (χ0n) is 11.1. The first kappa shape index (κ1) is 13.8. The third-order valence-corrected chi connectivity index (χ3v) is 2.56. The number of nitrogens with one attached hydrogen (secondary N) is 1. The summed E-state index contributed by atoms with van der Waals surface area (Å²) in [5, 5.41) is 3.34. The molecule has 0 aliphatic rings. The highest BCUT2D eigenvalue weighted by Gasteiger charge is 2.03. The van der Waals surface area contributed by atoms with E-state index in [0.29, 0.717) is 6.61 Å². The molecule has 0 radical (unpaired) electrons. The Bertz CT molecular complexity index is 326. The van der Waals surface area contributed by atoms with Crippen LogP contribution in [0.1, 0.15) is 25.3 Å². The van der Waals surface area contributed by atoms with Gasteiger partial charge in [0.1, 0.15) is 6.61 Å². The number of ether oxygens (including phenoxy) is 2. The van der Waals surface area contributed by atoms with Crippen molar-refractivity contribution < 1.29 is 9.47 Å².